The summed E-state index contributed by atoms with van der Waals surface area (Å²) in [5, 5.41) is 9.31. The Hall–Kier alpha value is -0.860. The molecule has 128 valence electrons. The molecule has 3 N–H and O–H groups in total. The van der Waals surface area contributed by atoms with Crippen molar-refractivity contribution < 1.29 is 9.84 Å². The molecule has 3 nitrogen and oxygen atoms in total. The molecule has 1 aliphatic carbocycles. The number of hydrogen-bond acceptors (Lipinski definition) is 4. The minimum absolute atomic E-state index is 0.128. The Labute approximate surface area is 144 Å². The van der Waals surface area contributed by atoms with Crippen LogP contribution in [0.15, 0.2) is 12.1 Å². The summed E-state index contributed by atoms with van der Waals surface area (Å²) >= 11 is 1.74. The van der Waals surface area contributed by atoms with Gasteiger partial charge in [0.15, 0.2) is 0 Å². The zero-order chi connectivity index (χ0) is 16.5. The van der Waals surface area contributed by atoms with E-state index in [1.54, 1.807) is 11.3 Å². The van der Waals surface area contributed by atoms with Crippen molar-refractivity contribution in [3.05, 3.63) is 21.9 Å². The fourth-order valence-electron chi connectivity index (χ4n) is 2.78. The van der Waals surface area contributed by atoms with E-state index in [-0.39, 0.29) is 5.92 Å². The average Bonchev–Trinajstić information content (AvgIpc) is 3.01. The first-order valence-electron chi connectivity index (χ1n) is 8.78. The molecular weight excluding hydrogens is 306 g/mol. The molecule has 1 fully saturated rings. The lowest BCUT2D eigenvalue weighted by Gasteiger charge is -2.21. The van der Waals surface area contributed by atoms with E-state index in [0.717, 1.165) is 30.7 Å². The van der Waals surface area contributed by atoms with E-state index in [1.807, 2.05) is 6.92 Å². The molecule has 0 aliphatic heterocycles. The molecule has 1 aromatic heterocycles. The fourth-order valence-corrected chi connectivity index (χ4v) is 3.68. The Balaban J connectivity index is 1.66. The molecule has 0 radical (unpaired) electrons. The van der Waals surface area contributed by atoms with Crippen LogP contribution in [0.2, 0.25) is 0 Å². The maximum atomic E-state index is 9.31. The first kappa shape index (κ1) is 18.5. The van der Waals surface area contributed by atoms with Gasteiger partial charge in [-0.1, -0.05) is 38.0 Å². The van der Waals surface area contributed by atoms with Crippen LogP contribution in [-0.2, 0) is 11.2 Å². The number of ether oxygens (including phenoxy) is 1. The summed E-state index contributed by atoms with van der Waals surface area (Å²) < 4.78 is 5.88. The molecule has 0 saturated heterocycles. The molecule has 1 aromatic rings. The van der Waals surface area contributed by atoms with Gasteiger partial charge in [0.1, 0.15) is 6.23 Å². The van der Waals surface area contributed by atoms with Crippen LogP contribution in [0.25, 0.3) is 0 Å². The molecule has 0 bridgehead atoms. The second-order valence-electron chi connectivity index (χ2n) is 6.46. The van der Waals surface area contributed by atoms with Gasteiger partial charge in [-0.25, -0.2) is 0 Å². The van der Waals surface area contributed by atoms with Gasteiger partial charge in [-0.2, -0.15) is 0 Å². The van der Waals surface area contributed by atoms with Crippen molar-refractivity contribution in [1.82, 2.24) is 0 Å². The van der Waals surface area contributed by atoms with Gasteiger partial charge in [0.05, 0.1) is 17.6 Å². The van der Waals surface area contributed by atoms with Crippen LogP contribution in [0.3, 0.4) is 0 Å². The largest absolute Gasteiger partial charge is 0.379 e. The summed E-state index contributed by atoms with van der Waals surface area (Å²) in [6.45, 7) is 2.73. The van der Waals surface area contributed by atoms with Crippen LogP contribution in [0.1, 0.15) is 61.6 Å². The minimum atomic E-state index is -0.724. The second kappa shape index (κ2) is 10.1. The SMILES string of the molecule is C[C@H](CCc1ccc(C#CCCOC2CCCCC2)s1)C(N)O. The highest BCUT2D eigenvalue weighted by molar-refractivity contribution is 7.12. The maximum absolute atomic E-state index is 9.31. The maximum Gasteiger partial charge on any atom is 0.105 e. The standard InChI is InChI=1S/C19H29NO2S/c1-15(19(20)21)10-11-18-13-12-17(23-18)9-5-6-14-22-16-7-3-2-4-8-16/h12-13,15-16,19,21H,2-4,6-8,10-11,14,20H2,1H3/t15-,19?/m1/s1. The smallest absolute Gasteiger partial charge is 0.105 e. The summed E-state index contributed by atoms with van der Waals surface area (Å²) in [6.07, 6.45) is 8.84. The molecule has 0 amide bonds. The molecule has 1 heterocycles. The second-order valence-corrected chi connectivity index (χ2v) is 7.62. The van der Waals surface area contributed by atoms with Crippen molar-refractivity contribution in [2.24, 2.45) is 11.7 Å². The van der Waals surface area contributed by atoms with Gasteiger partial charge >= 0.3 is 0 Å². The summed E-state index contributed by atoms with van der Waals surface area (Å²) in [4.78, 5) is 2.42. The van der Waals surface area contributed by atoms with E-state index in [0.29, 0.717) is 6.10 Å². The molecule has 4 heteroatoms. The van der Waals surface area contributed by atoms with Crippen molar-refractivity contribution in [2.75, 3.05) is 6.61 Å². The summed E-state index contributed by atoms with van der Waals surface area (Å²) in [7, 11) is 0. The van der Waals surface area contributed by atoms with Gasteiger partial charge < -0.3 is 15.6 Å². The molecule has 0 spiro atoms. The molecule has 2 rings (SSSR count). The molecule has 2 atom stereocenters. The predicted molar refractivity (Wildman–Crippen MR) is 96.3 cm³/mol. The van der Waals surface area contributed by atoms with E-state index in [9.17, 15) is 5.11 Å². The number of hydrogen-bond donors (Lipinski definition) is 2. The van der Waals surface area contributed by atoms with Crippen molar-refractivity contribution in [3.63, 3.8) is 0 Å². The van der Waals surface area contributed by atoms with E-state index in [1.165, 1.54) is 37.0 Å². The van der Waals surface area contributed by atoms with Gasteiger partial charge in [-0.15, -0.1) is 11.3 Å². The lowest BCUT2D eigenvalue weighted by molar-refractivity contribution is 0.0320. The highest BCUT2D eigenvalue weighted by Gasteiger charge is 2.12. The van der Waals surface area contributed by atoms with Gasteiger partial charge in [0.2, 0.25) is 0 Å². The number of rotatable bonds is 7. The van der Waals surface area contributed by atoms with Crippen LogP contribution >= 0.6 is 11.3 Å². The van der Waals surface area contributed by atoms with Gasteiger partial charge in [0.25, 0.3) is 0 Å². The lowest BCUT2D eigenvalue weighted by atomic mass is 9.98. The molecule has 1 saturated carbocycles. The van der Waals surface area contributed by atoms with Crippen molar-refractivity contribution >= 4 is 11.3 Å². The summed E-state index contributed by atoms with van der Waals surface area (Å²) in [6, 6.07) is 4.21. The third kappa shape index (κ3) is 7.05. The molecular formula is C19H29NO2S. The monoisotopic (exact) mass is 335 g/mol. The summed E-state index contributed by atoms with van der Waals surface area (Å²) in [5.41, 5.74) is 5.48. The molecule has 0 aromatic carbocycles. The van der Waals surface area contributed by atoms with E-state index < -0.39 is 6.23 Å². The highest BCUT2D eigenvalue weighted by Crippen LogP contribution is 2.21. The van der Waals surface area contributed by atoms with E-state index >= 15 is 0 Å². The van der Waals surface area contributed by atoms with Crippen molar-refractivity contribution in [3.8, 4) is 11.8 Å². The number of aryl methyl sites for hydroxylation is 1. The van der Waals surface area contributed by atoms with Crippen molar-refractivity contribution in [2.45, 2.75) is 70.6 Å². The Kier molecular flexibility index (Phi) is 8.11. The predicted octanol–water partition coefficient (Wildman–Crippen LogP) is 3.68. The first-order chi connectivity index (χ1) is 11.1. The Morgan fingerprint density at radius 3 is 2.87 bits per heavy atom. The Morgan fingerprint density at radius 1 is 1.35 bits per heavy atom. The van der Waals surface area contributed by atoms with Gasteiger partial charge in [0, 0.05) is 11.3 Å². The topological polar surface area (TPSA) is 55.5 Å². The third-order valence-corrected chi connectivity index (χ3v) is 5.50. The molecule has 1 aliphatic rings. The highest BCUT2D eigenvalue weighted by atomic mass is 32.1. The van der Waals surface area contributed by atoms with Crippen LogP contribution in [0, 0.1) is 17.8 Å². The fraction of sp³-hybridized carbons (Fsp3) is 0.684. The Bertz CT molecular complexity index is 509. The van der Waals surface area contributed by atoms with Crippen LogP contribution in [0.4, 0.5) is 0 Å². The number of nitrogens with two attached hydrogens (primary N) is 1. The van der Waals surface area contributed by atoms with Gasteiger partial charge in [-0.05, 0) is 43.7 Å². The van der Waals surface area contributed by atoms with Gasteiger partial charge in [-0.3, -0.25) is 0 Å². The Morgan fingerprint density at radius 2 is 2.13 bits per heavy atom. The first-order valence-corrected chi connectivity index (χ1v) is 9.59. The number of thiophene rings is 1. The van der Waals surface area contributed by atoms with Crippen LogP contribution < -0.4 is 5.73 Å². The zero-order valence-electron chi connectivity index (χ0n) is 14.1. The number of aliphatic hydroxyl groups excluding tert-OH is 1. The van der Waals surface area contributed by atoms with Crippen LogP contribution in [-0.4, -0.2) is 24.0 Å². The zero-order valence-corrected chi connectivity index (χ0v) is 14.9. The molecule has 1 unspecified atom stereocenters. The lowest BCUT2D eigenvalue weighted by Crippen LogP contribution is -2.27. The minimum Gasteiger partial charge on any atom is -0.379 e. The van der Waals surface area contributed by atoms with Crippen LogP contribution in [0.5, 0.6) is 0 Å². The van der Waals surface area contributed by atoms with Crippen molar-refractivity contribution in [1.29, 1.82) is 0 Å². The quantitative estimate of drug-likeness (QED) is 0.454. The average molecular weight is 336 g/mol. The normalized spacial score (nSPS) is 18.2. The third-order valence-electron chi connectivity index (χ3n) is 4.44. The van der Waals surface area contributed by atoms with E-state index in [2.05, 4.69) is 24.0 Å². The van der Waals surface area contributed by atoms with E-state index in [4.69, 9.17) is 10.5 Å². The number of aliphatic hydroxyl groups is 1. The molecule has 23 heavy (non-hydrogen) atoms. The summed E-state index contributed by atoms with van der Waals surface area (Å²) in [5.74, 6) is 6.57.